The van der Waals surface area contributed by atoms with E-state index in [0.29, 0.717) is 22.2 Å². The van der Waals surface area contributed by atoms with E-state index in [2.05, 4.69) is 5.32 Å². The number of benzene rings is 3. The monoisotopic (exact) mass is 532 g/mol. The third-order valence-corrected chi connectivity index (χ3v) is 7.65. The molecule has 1 N–H and O–H groups in total. The fourth-order valence-corrected chi connectivity index (χ4v) is 5.49. The van der Waals surface area contributed by atoms with Crippen molar-refractivity contribution in [3.63, 3.8) is 0 Å². The van der Waals surface area contributed by atoms with Crippen molar-refractivity contribution in [1.82, 2.24) is 0 Å². The molecule has 3 aromatic carbocycles. The number of rotatable bonds is 10. The molecule has 1 amide bonds. The van der Waals surface area contributed by atoms with E-state index in [1.165, 1.54) is 39.5 Å². The molecule has 0 saturated carbocycles. The van der Waals surface area contributed by atoms with Gasteiger partial charge in [0.05, 0.1) is 37.7 Å². The average Bonchev–Trinajstić information content (AvgIpc) is 2.88. The number of carbonyl (C=O) groups is 1. The molecule has 0 unspecified atom stereocenters. The summed E-state index contributed by atoms with van der Waals surface area (Å²) in [6, 6.07) is 14.9. The minimum absolute atomic E-state index is 0.0388. The predicted octanol–water partition coefficient (Wildman–Crippen LogP) is 5.07. The second-order valence-corrected chi connectivity index (χ2v) is 10.2. The van der Waals surface area contributed by atoms with Gasteiger partial charge in [-0.1, -0.05) is 36.7 Å². The van der Waals surface area contributed by atoms with Crippen LogP contribution in [0.15, 0.2) is 59.5 Å². The Labute approximate surface area is 216 Å². The molecule has 0 saturated heterocycles. The average molecular weight is 533 g/mol. The van der Waals surface area contributed by atoms with Gasteiger partial charge in [0.25, 0.3) is 10.0 Å². The fourth-order valence-electron chi connectivity index (χ4n) is 3.60. The smallest absolute Gasteiger partial charge is 0.268 e. The van der Waals surface area contributed by atoms with Crippen molar-refractivity contribution in [3.8, 4) is 17.2 Å². The maximum atomic E-state index is 13.9. The minimum Gasteiger partial charge on any atom is -0.495 e. The summed E-state index contributed by atoms with van der Waals surface area (Å²) in [6.07, 6.45) is 0.789. The highest BCUT2D eigenvalue weighted by Gasteiger charge is 2.30. The van der Waals surface area contributed by atoms with Crippen LogP contribution >= 0.6 is 11.6 Å². The fraction of sp³-hybridized carbons (Fsp3) is 0.269. The van der Waals surface area contributed by atoms with Crippen LogP contribution in [0.5, 0.6) is 17.2 Å². The topological polar surface area (TPSA) is 94.2 Å². The Kier molecular flexibility index (Phi) is 8.70. The van der Waals surface area contributed by atoms with E-state index in [0.717, 1.165) is 21.9 Å². The van der Waals surface area contributed by atoms with Gasteiger partial charge >= 0.3 is 0 Å². The predicted molar refractivity (Wildman–Crippen MR) is 141 cm³/mol. The van der Waals surface area contributed by atoms with Gasteiger partial charge < -0.3 is 19.5 Å². The molecule has 8 nitrogen and oxygen atoms in total. The van der Waals surface area contributed by atoms with Crippen LogP contribution in [0.4, 0.5) is 11.4 Å². The van der Waals surface area contributed by atoms with Crippen LogP contribution in [0.3, 0.4) is 0 Å². The van der Waals surface area contributed by atoms with Crippen LogP contribution in [0.25, 0.3) is 0 Å². The van der Waals surface area contributed by atoms with Crippen LogP contribution in [-0.4, -0.2) is 42.2 Å². The molecule has 36 heavy (non-hydrogen) atoms. The summed E-state index contributed by atoms with van der Waals surface area (Å²) in [4.78, 5) is 13.2. The lowest BCUT2D eigenvalue weighted by atomic mass is 10.1. The van der Waals surface area contributed by atoms with Crippen molar-refractivity contribution in [3.05, 3.63) is 70.7 Å². The van der Waals surface area contributed by atoms with Crippen molar-refractivity contribution in [2.45, 2.75) is 25.2 Å². The van der Waals surface area contributed by atoms with Gasteiger partial charge in [0.15, 0.2) is 0 Å². The quantitative estimate of drug-likeness (QED) is 0.392. The van der Waals surface area contributed by atoms with Gasteiger partial charge in [-0.25, -0.2) is 8.42 Å². The summed E-state index contributed by atoms with van der Waals surface area (Å²) < 4.78 is 44.7. The number of halogens is 1. The lowest BCUT2D eigenvalue weighted by molar-refractivity contribution is -0.114. The van der Waals surface area contributed by atoms with E-state index in [1.54, 1.807) is 31.2 Å². The maximum Gasteiger partial charge on any atom is 0.268 e. The number of methoxy groups -OCH3 is 3. The number of hydrogen-bond acceptors (Lipinski definition) is 6. The molecule has 0 aliphatic carbocycles. The second-order valence-electron chi connectivity index (χ2n) is 7.92. The normalized spacial score (nSPS) is 11.1. The second kappa shape index (κ2) is 11.5. The van der Waals surface area contributed by atoms with Crippen LogP contribution in [0, 0.1) is 6.92 Å². The zero-order valence-corrected chi connectivity index (χ0v) is 22.4. The molecule has 3 rings (SSSR count). The summed E-state index contributed by atoms with van der Waals surface area (Å²) >= 11 is 6.16. The highest BCUT2D eigenvalue weighted by molar-refractivity contribution is 7.93. The van der Waals surface area contributed by atoms with E-state index in [9.17, 15) is 13.2 Å². The van der Waals surface area contributed by atoms with E-state index in [-0.39, 0.29) is 16.3 Å². The Morgan fingerprint density at radius 1 is 0.917 bits per heavy atom. The molecule has 3 aromatic rings. The zero-order valence-electron chi connectivity index (χ0n) is 20.8. The number of nitrogens with one attached hydrogen (secondary N) is 1. The van der Waals surface area contributed by atoms with Crippen molar-refractivity contribution in [1.29, 1.82) is 0 Å². The largest absolute Gasteiger partial charge is 0.495 e. The number of hydrogen-bond donors (Lipinski definition) is 1. The van der Waals surface area contributed by atoms with E-state index < -0.39 is 22.5 Å². The van der Waals surface area contributed by atoms with Gasteiger partial charge in [-0.05, 0) is 48.7 Å². The third-order valence-electron chi connectivity index (χ3n) is 5.55. The number of aryl methyl sites for hydroxylation is 2. The molecule has 0 radical (unpaired) electrons. The third kappa shape index (κ3) is 5.85. The molecular formula is C26H29ClN2O6S. The standard InChI is InChI=1S/C26H29ClN2O6S/c1-6-18-8-10-19(11-9-18)29(36(31,32)25-13-17(2)7-12-22(25)33-3)16-26(30)28-21-15-23(34-4)20(27)14-24(21)35-5/h7-15H,6,16H2,1-5H3,(H,28,30). The Hall–Kier alpha value is -3.43. The van der Waals surface area contributed by atoms with Gasteiger partial charge in [0.2, 0.25) is 5.91 Å². The van der Waals surface area contributed by atoms with Gasteiger partial charge in [-0.15, -0.1) is 0 Å². The van der Waals surface area contributed by atoms with E-state index >= 15 is 0 Å². The van der Waals surface area contributed by atoms with Crippen molar-refractivity contribution >= 4 is 38.9 Å². The Morgan fingerprint density at radius 2 is 1.56 bits per heavy atom. The molecule has 0 heterocycles. The lowest BCUT2D eigenvalue weighted by Gasteiger charge is -2.25. The molecule has 0 bridgehead atoms. The number of amides is 1. The van der Waals surface area contributed by atoms with E-state index in [4.69, 9.17) is 25.8 Å². The zero-order chi connectivity index (χ0) is 26.5. The van der Waals surface area contributed by atoms with Crippen molar-refractivity contribution < 1.29 is 27.4 Å². The molecule has 0 aliphatic heterocycles. The Bertz CT molecular complexity index is 1340. The number of carbonyl (C=O) groups excluding carboxylic acids is 1. The first-order valence-corrected chi connectivity index (χ1v) is 12.9. The summed E-state index contributed by atoms with van der Waals surface area (Å²) in [7, 11) is 0.0903. The first-order valence-electron chi connectivity index (χ1n) is 11.1. The molecule has 0 spiro atoms. The van der Waals surface area contributed by atoms with Crippen LogP contribution in [0.2, 0.25) is 5.02 Å². The number of ether oxygens (including phenoxy) is 3. The summed E-state index contributed by atoms with van der Waals surface area (Å²) in [6.45, 7) is 3.28. The number of sulfonamides is 1. The van der Waals surface area contributed by atoms with Crippen LogP contribution in [0.1, 0.15) is 18.1 Å². The van der Waals surface area contributed by atoms with Crippen molar-refractivity contribution in [2.24, 2.45) is 0 Å². The maximum absolute atomic E-state index is 13.9. The van der Waals surface area contributed by atoms with Crippen LogP contribution < -0.4 is 23.8 Å². The number of anilines is 2. The summed E-state index contributed by atoms with van der Waals surface area (Å²) in [5.41, 5.74) is 2.40. The SMILES string of the molecule is CCc1ccc(N(CC(=O)Nc2cc(OC)c(Cl)cc2OC)S(=O)(=O)c2cc(C)ccc2OC)cc1. The lowest BCUT2D eigenvalue weighted by Crippen LogP contribution is -2.38. The van der Waals surface area contributed by atoms with Gasteiger partial charge in [0.1, 0.15) is 28.7 Å². The molecular weight excluding hydrogens is 504 g/mol. The van der Waals surface area contributed by atoms with E-state index in [1.807, 2.05) is 19.1 Å². The van der Waals surface area contributed by atoms with Gasteiger partial charge in [0, 0.05) is 12.1 Å². The molecule has 0 aromatic heterocycles. The molecule has 0 aliphatic rings. The molecule has 192 valence electrons. The Morgan fingerprint density at radius 3 is 2.14 bits per heavy atom. The van der Waals surface area contributed by atoms with Crippen molar-refractivity contribution in [2.75, 3.05) is 37.5 Å². The van der Waals surface area contributed by atoms with Gasteiger partial charge in [-0.3, -0.25) is 9.10 Å². The van der Waals surface area contributed by atoms with Crippen LogP contribution in [-0.2, 0) is 21.2 Å². The molecule has 0 atom stereocenters. The number of nitrogens with zero attached hydrogens (tertiary/aromatic N) is 1. The summed E-state index contributed by atoms with van der Waals surface area (Å²) in [5, 5.41) is 3.01. The first kappa shape index (κ1) is 27.2. The highest BCUT2D eigenvalue weighted by atomic mass is 35.5. The highest BCUT2D eigenvalue weighted by Crippen LogP contribution is 2.36. The first-order chi connectivity index (χ1) is 17.1. The molecule has 0 fully saturated rings. The minimum atomic E-state index is -4.19. The Balaban J connectivity index is 2.04. The van der Waals surface area contributed by atoms with Gasteiger partial charge in [-0.2, -0.15) is 0 Å². The summed E-state index contributed by atoms with van der Waals surface area (Å²) in [5.74, 6) is 0.223. The molecule has 10 heteroatoms.